The van der Waals surface area contributed by atoms with Gasteiger partial charge in [-0.3, -0.25) is 0 Å². The molecule has 126 valence electrons. The van der Waals surface area contributed by atoms with Crippen LogP contribution in [0.3, 0.4) is 0 Å². The van der Waals surface area contributed by atoms with Crippen LogP contribution in [0.1, 0.15) is 32.6 Å². The molecule has 3 aromatic rings. The summed E-state index contributed by atoms with van der Waals surface area (Å²) in [4.78, 5) is 13.2. The molecule has 0 atom stereocenters. The van der Waals surface area contributed by atoms with E-state index in [0.717, 1.165) is 28.2 Å². The van der Waals surface area contributed by atoms with Crippen LogP contribution >= 0.6 is 22.9 Å². The third-order valence-corrected chi connectivity index (χ3v) is 5.04. The van der Waals surface area contributed by atoms with E-state index in [4.69, 9.17) is 17.3 Å². The summed E-state index contributed by atoms with van der Waals surface area (Å²) in [7, 11) is 0. The van der Waals surface area contributed by atoms with Crippen molar-refractivity contribution in [3.05, 3.63) is 29.4 Å². The minimum atomic E-state index is 0.331. The number of nitrogens with two attached hydrogens (primary N) is 1. The van der Waals surface area contributed by atoms with Crippen LogP contribution in [0.5, 0.6) is 0 Å². The fourth-order valence-electron chi connectivity index (χ4n) is 2.46. The Morgan fingerprint density at radius 2 is 1.96 bits per heavy atom. The van der Waals surface area contributed by atoms with Gasteiger partial charge in [0.2, 0.25) is 5.95 Å². The second-order valence-electron chi connectivity index (χ2n) is 5.57. The molecule has 0 fully saturated rings. The Morgan fingerprint density at radius 3 is 2.71 bits per heavy atom. The summed E-state index contributed by atoms with van der Waals surface area (Å²) in [6, 6.07) is 7.93. The maximum absolute atomic E-state index is 6.35. The van der Waals surface area contributed by atoms with E-state index in [1.54, 1.807) is 0 Å². The molecule has 0 radical (unpaired) electrons. The Morgan fingerprint density at radius 1 is 1.12 bits per heavy atom. The summed E-state index contributed by atoms with van der Waals surface area (Å²) >= 11 is 7.89. The Bertz CT molecular complexity index is 777. The van der Waals surface area contributed by atoms with Gasteiger partial charge in [0.25, 0.3) is 0 Å². The largest absolute Gasteiger partial charge is 0.383 e. The molecule has 0 saturated heterocycles. The minimum absolute atomic E-state index is 0.331. The number of unbranched alkanes of at least 4 members (excludes halogenated alkanes) is 3. The number of fused-ring (bicyclic) bond motifs is 1. The van der Waals surface area contributed by atoms with E-state index in [1.165, 1.54) is 30.6 Å². The zero-order valence-corrected chi connectivity index (χ0v) is 15.1. The van der Waals surface area contributed by atoms with E-state index in [1.807, 2.05) is 24.3 Å². The summed E-state index contributed by atoms with van der Waals surface area (Å²) in [5.41, 5.74) is 7.65. The first-order valence-electron chi connectivity index (χ1n) is 8.12. The Labute approximate surface area is 150 Å². The van der Waals surface area contributed by atoms with Gasteiger partial charge in [0.05, 0.1) is 15.8 Å². The van der Waals surface area contributed by atoms with Crippen LogP contribution in [0.25, 0.3) is 20.8 Å². The number of thiazole rings is 1. The normalized spacial score (nSPS) is 11.1. The van der Waals surface area contributed by atoms with Crippen LogP contribution in [0.15, 0.2) is 24.3 Å². The van der Waals surface area contributed by atoms with E-state index in [2.05, 4.69) is 27.2 Å². The third-order valence-electron chi connectivity index (χ3n) is 3.71. The highest BCUT2D eigenvalue weighted by molar-refractivity contribution is 7.21. The highest BCUT2D eigenvalue weighted by Crippen LogP contribution is 2.36. The number of rotatable bonds is 7. The van der Waals surface area contributed by atoms with Crippen LogP contribution < -0.4 is 11.1 Å². The lowest BCUT2D eigenvalue weighted by molar-refractivity contribution is 0.683. The molecule has 0 aliphatic rings. The van der Waals surface area contributed by atoms with Crippen LogP contribution in [0.4, 0.5) is 11.8 Å². The molecule has 2 heterocycles. The van der Waals surface area contributed by atoms with Gasteiger partial charge in [-0.2, -0.15) is 4.98 Å². The number of nitrogens with one attached hydrogen (secondary N) is 1. The Kier molecular flexibility index (Phi) is 5.48. The maximum Gasteiger partial charge on any atom is 0.226 e. The molecule has 24 heavy (non-hydrogen) atoms. The standard InChI is InChI=1S/C17H20ClN5S/c1-2-3-4-7-10-20-17-22-14(18)13(15(19)23-17)16-21-11-8-5-6-9-12(11)24-16/h5-6,8-9H,2-4,7,10H2,1H3,(H3,19,20,22,23). The summed E-state index contributed by atoms with van der Waals surface area (Å²) < 4.78 is 1.08. The second kappa shape index (κ2) is 7.77. The lowest BCUT2D eigenvalue weighted by atomic mass is 10.2. The van der Waals surface area contributed by atoms with Crippen molar-refractivity contribution in [2.24, 2.45) is 0 Å². The summed E-state index contributed by atoms with van der Waals surface area (Å²) in [5.74, 6) is 0.823. The van der Waals surface area contributed by atoms with Gasteiger partial charge in [-0.15, -0.1) is 11.3 Å². The van der Waals surface area contributed by atoms with Gasteiger partial charge in [-0.25, -0.2) is 9.97 Å². The highest BCUT2D eigenvalue weighted by Gasteiger charge is 2.16. The SMILES string of the molecule is CCCCCCNc1nc(N)c(-c2nc3ccccc3s2)c(Cl)n1. The smallest absolute Gasteiger partial charge is 0.226 e. The second-order valence-corrected chi connectivity index (χ2v) is 6.96. The first-order valence-corrected chi connectivity index (χ1v) is 9.31. The van der Waals surface area contributed by atoms with E-state index >= 15 is 0 Å². The molecule has 2 aromatic heterocycles. The molecule has 0 aliphatic heterocycles. The van der Waals surface area contributed by atoms with Crippen molar-refractivity contribution in [3.63, 3.8) is 0 Å². The number of nitrogens with zero attached hydrogens (tertiary/aromatic N) is 3. The Hall–Kier alpha value is -1.92. The quantitative estimate of drug-likeness (QED) is 0.458. The number of benzene rings is 1. The number of para-hydroxylation sites is 1. The van der Waals surface area contributed by atoms with Gasteiger partial charge in [-0.1, -0.05) is 49.9 Å². The van der Waals surface area contributed by atoms with E-state index in [0.29, 0.717) is 22.5 Å². The lowest BCUT2D eigenvalue weighted by Gasteiger charge is -2.08. The minimum Gasteiger partial charge on any atom is -0.383 e. The Balaban J connectivity index is 1.79. The monoisotopic (exact) mass is 361 g/mol. The molecule has 7 heteroatoms. The van der Waals surface area contributed by atoms with E-state index in [-0.39, 0.29) is 0 Å². The van der Waals surface area contributed by atoms with Gasteiger partial charge in [0.1, 0.15) is 16.0 Å². The molecule has 0 bridgehead atoms. The summed E-state index contributed by atoms with van der Waals surface area (Å²) in [6.07, 6.45) is 4.72. The number of aromatic nitrogens is 3. The number of halogens is 1. The maximum atomic E-state index is 6.35. The van der Waals surface area contributed by atoms with Crippen LogP contribution in [0.2, 0.25) is 5.15 Å². The van der Waals surface area contributed by atoms with Gasteiger partial charge in [0, 0.05) is 6.54 Å². The molecule has 1 aromatic carbocycles. The average molecular weight is 362 g/mol. The van der Waals surface area contributed by atoms with E-state index < -0.39 is 0 Å². The molecule has 0 spiro atoms. The predicted molar refractivity (Wildman–Crippen MR) is 103 cm³/mol. The van der Waals surface area contributed by atoms with Crippen molar-refractivity contribution < 1.29 is 0 Å². The van der Waals surface area contributed by atoms with Crippen molar-refractivity contribution >= 4 is 44.9 Å². The van der Waals surface area contributed by atoms with Crippen molar-refractivity contribution in [2.75, 3.05) is 17.6 Å². The third kappa shape index (κ3) is 3.76. The fourth-order valence-corrected chi connectivity index (χ4v) is 3.80. The number of anilines is 2. The first kappa shape index (κ1) is 16.9. The average Bonchev–Trinajstić information content (AvgIpc) is 2.97. The molecule has 3 rings (SSSR count). The molecule has 5 nitrogen and oxygen atoms in total. The summed E-state index contributed by atoms with van der Waals surface area (Å²) in [5, 5.41) is 4.26. The van der Waals surface area contributed by atoms with Crippen molar-refractivity contribution in [1.82, 2.24) is 15.0 Å². The molecular weight excluding hydrogens is 342 g/mol. The number of nitrogen functional groups attached to an aromatic ring is 1. The summed E-state index contributed by atoms with van der Waals surface area (Å²) in [6.45, 7) is 3.01. The highest BCUT2D eigenvalue weighted by atomic mass is 35.5. The van der Waals surface area contributed by atoms with Crippen molar-refractivity contribution in [3.8, 4) is 10.6 Å². The zero-order chi connectivity index (χ0) is 16.9. The van der Waals surface area contributed by atoms with Gasteiger partial charge >= 0.3 is 0 Å². The van der Waals surface area contributed by atoms with Crippen LogP contribution in [0, 0.1) is 0 Å². The van der Waals surface area contributed by atoms with Gasteiger partial charge in [0.15, 0.2) is 0 Å². The lowest BCUT2D eigenvalue weighted by Crippen LogP contribution is -2.08. The van der Waals surface area contributed by atoms with Crippen molar-refractivity contribution in [2.45, 2.75) is 32.6 Å². The number of hydrogen-bond donors (Lipinski definition) is 2. The molecule has 3 N–H and O–H groups in total. The molecular formula is C17H20ClN5S. The number of hydrogen-bond acceptors (Lipinski definition) is 6. The topological polar surface area (TPSA) is 76.7 Å². The van der Waals surface area contributed by atoms with E-state index in [9.17, 15) is 0 Å². The molecule has 0 saturated carbocycles. The van der Waals surface area contributed by atoms with Gasteiger partial charge < -0.3 is 11.1 Å². The van der Waals surface area contributed by atoms with Crippen LogP contribution in [-0.2, 0) is 0 Å². The molecule has 0 aliphatic carbocycles. The first-order chi connectivity index (χ1) is 11.7. The van der Waals surface area contributed by atoms with Crippen LogP contribution in [-0.4, -0.2) is 21.5 Å². The van der Waals surface area contributed by atoms with Crippen molar-refractivity contribution in [1.29, 1.82) is 0 Å². The zero-order valence-electron chi connectivity index (χ0n) is 13.6. The van der Waals surface area contributed by atoms with Gasteiger partial charge in [-0.05, 0) is 18.6 Å². The predicted octanol–water partition coefficient (Wildman–Crippen LogP) is 4.98. The molecule has 0 amide bonds. The molecule has 0 unspecified atom stereocenters. The fraction of sp³-hybridized carbons (Fsp3) is 0.353.